The molecule has 3 nitrogen and oxygen atoms in total. The molecule has 1 aromatic rings. The van der Waals surface area contributed by atoms with E-state index in [2.05, 4.69) is 31.3 Å². The molecule has 1 aromatic carbocycles. The van der Waals surface area contributed by atoms with Gasteiger partial charge >= 0.3 is 0 Å². The molecule has 0 spiro atoms. The summed E-state index contributed by atoms with van der Waals surface area (Å²) in [5.74, 6) is 0.605. The summed E-state index contributed by atoms with van der Waals surface area (Å²) < 4.78 is 5.44. The third-order valence-electron chi connectivity index (χ3n) is 4.59. The fourth-order valence-electron chi connectivity index (χ4n) is 3.04. The standard InChI is InChI=1S/C18H28ClNO2/c1-14(2)11-17(15-3-5-16(19)6-4-15)20-12-18(13-21)7-9-22-10-8-18/h3-6,14,17,20-21H,7-13H2,1-2H3. The number of halogens is 1. The maximum atomic E-state index is 9.83. The maximum absolute atomic E-state index is 9.83. The van der Waals surface area contributed by atoms with Crippen LogP contribution in [0.15, 0.2) is 24.3 Å². The molecule has 124 valence electrons. The van der Waals surface area contributed by atoms with E-state index in [0.717, 1.165) is 44.0 Å². The highest BCUT2D eigenvalue weighted by Crippen LogP contribution is 2.31. The van der Waals surface area contributed by atoms with E-state index in [9.17, 15) is 5.11 Å². The molecule has 0 radical (unpaired) electrons. The second kappa shape index (κ2) is 8.30. The van der Waals surface area contributed by atoms with E-state index in [1.54, 1.807) is 0 Å². The highest BCUT2D eigenvalue weighted by atomic mass is 35.5. The summed E-state index contributed by atoms with van der Waals surface area (Å²) in [4.78, 5) is 0. The van der Waals surface area contributed by atoms with E-state index in [0.29, 0.717) is 12.0 Å². The molecule has 1 aliphatic heterocycles. The minimum atomic E-state index is -0.0418. The SMILES string of the molecule is CC(C)CC(NCC1(CO)CCOCC1)c1ccc(Cl)cc1. The normalized spacial score (nSPS) is 19.3. The molecule has 1 atom stereocenters. The Labute approximate surface area is 139 Å². The Kier molecular flexibility index (Phi) is 6.69. The van der Waals surface area contributed by atoms with Gasteiger partial charge in [-0.3, -0.25) is 0 Å². The second-order valence-corrected chi connectivity index (χ2v) is 7.32. The molecule has 22 heavy (non-hydrogen) atoms. The zero-order valence-corrected chi connectivity index (χ0v) is 14.4. The summed E-state index contributed by atoms with van der Waals surface area (Å²) in [7, 11) is 0. The number of aliphatic hydroxyl groups excluding tert-OH is 1. The van der Waals surface area contributed by atoms with Gasteiger partial charge in [0.25, 0.3) is 0 Å². The quantitative estimate of drug-likeness (QED) is 0.801. The highest BCUT2D eigenvalue weighted by Gasteiger charge is 2.32. The Bertz CT molecular complexity index is 441. The van der Waals surface area contributed by atoms with Gasteiger partial charge in [0.15, 0.2) is 0 Å². The molecule has 1 fully saturated rings. The van der Waals surface area contributed by atoms with E-state index < -0.39 is 0 Å². The van der Waals surface area contributed by atoms with Gasteiger partial charge in [-0.15, -0.1) is 0 Å². The summed E-state index contributed by atoms with van der Waals surface area (Å²) in [5.41, 5.74) is 1.22. The number of benzene rings is 1. The minimum absolute atomic E-state index is 0.0418. The molecule has 1 heterocycles. The lowest BCUT2D eigenvalue weighted by Crippen LogP contribution is -2.43. The van der Waals surface area contributed by atoms with Crippen molar-refractivity contribution in [2.75, 3.05) is 26.4 Å². The van der Waals surface area contributed by atoms with Gasteiger partial charge in [0.05, 0.1) is 6.61 Å². The summed E-state index contributed by atoms with van der Waals surface area (Å²) >= 11 is 6.00. The summed E-state index contributed by atoms with van der Waals surface area (Å²) in [6.07, 6.45) is 2.91. The summed E-state index contributed by atoms with van der Waals surface area (Å²) in [6.45, 7) is 7.02. The molecule has 0 saturated carbocycles. The number of hydrogen-bond acceptors (Lipinski definition) is 3. The number of nitrogens with one attached hydrogen (secondary N) is 1. The molecule has 0 amide bonds. The van der Waals surface area contributed by atoms with Crippen molar-refractivity contribution in [1.29, 1.82) is 0 Å². The first-order chi connectivity index (χ1) is 10.5. The predicted molar refractivity (Wildman–Crippen MR) is 91.2 cm³/mol. The lowest BCUT2D eigenvalue weighted by Gasteiger charge is -2.37. The van der Waals surface area contributed by atoms with Crippen LogP contribution in [-0.2, 0) is 4.74 Å². The van der Waals surface area contributed by atoms with Crippen LogP contribution >= 0.6 is 11.6 Å². The Morgan fingerprint density at radius 1 is 1.23 bits per heavy atom. The van der Waals surface area contributed by atoms with E-state index in [4.69, 9.17) is 16.3 Å². The number of rotatable bonds is 7. The van der Waals surface area contributed by atoms with Crippen LogP contribution in [0.3, 0.4) is 0 Å². The first-order valence-electron chi connectivity index (χ1n) is 8.22. The van der Waals surface area contributed by atoms with Crippen molar-refractivity contribution < 1.29 is 9.84 Å². The summed E-state index contributed by atoms with van der Waals surface area (Å²) in [5, 5.41) is 14.3. The fraction of sp³-hybridized carbons (Fsp3) is 0.667. The molecule has 1 unspecified atom stereocenters. The van der Waals surface area contributed by atoms with E-state index >= 15 is 0 Å². The highest BCUT2D eigenvalue weighted by molar-refractivity contribution is 6.30. The van der Waals surface area contributed by atoms with Crippen molar-refractivity contribution in [3.05, 3.63) is 34.9 Å². The molecule has 2 rings (SSSR count). The van der Waals surface area contributed by atoms with Crippen molar-refractivity contribution in [3.63, 3.8) is 0 Å². The molecule has 0 aliphatic carbocycles. The fourth-order valence-corrected chi connectivity index (χ4v) is 3.16. The van der Waals surface area contributed by atoms with Crippen LogP contribution in [-0.4, -0.2) is 31.5 Å². The van der Waals surface area contributed by atoms with Crippen LogP contribution in [0.1, 0.15) is 44.7 Å². The smallest absolute Gasteiger partial charge is 0.0501 e. The topological polar surface area (TPSA) is 41.5 Å². The largest absolute Gasteiger partial charge is 0.396 e. The second-order valence-electron chi connectivity index (χ2n) is 6.89. The third-order valence-corrected chi connectivity index (χ3v) is 4.84. The van der Waals surface area contributed by atoms with Gasteiger partial charge in [0.2, 0.25) is 0 Å². The van der Waals surface area contributed by atoms with Crippen molar-refractivity contribution in [2.24, 2.45) is 11.3 Å². The lowest BCUT2D eigenvalue weighted by molar-refractivity contribution is -0.0168. The molecule has 2 N–H and O–H groups in total. The Morgan fingerprint density at radius 2 is 1.86 bits per heavy atom. The van der Waals surface area contributed by atoms with Gasteiger partial charge in [-0.1, -0.05) is 37.6 Å². The Morgan fingerprint density at radius 3 is 2.41 bits per heavy atom. The molecular formula is C18H28ClNO2. The average Bonchev–Trinajstić information content (AvgIpc) is 2.53. The Balaban J connectivity index is 2.04. The van der Waals surface area contributed by atoms with Gasteiger partial charge < -0.3 is 15.2 Å². The third kappa shape index (κ3) is 4.95. The van der Waals surface area contributed by atoms with Crippen molar-refractivity contribution in [3.8, 4) is 0 Å². The van der Waals surface area contributed by atoms with Gasteiger partial charge in [-0.25, -0.2) is 0 Å². The van der Waals surface area contributed by atoms with Crippen LogP contribution in [0.5, 0.6) is 0 Å². The first kappa shape index (κ1) is 17.7. The number of aliphatic hydroxyl groups is 1. The van der Waals surface area contributed by atoms with Crippen LogP contribution in [0, 0.1) is 11.3 Å². The van der Waals surface area contributed by atoms with Crippen LogP contribution in [0.2, 0.25) is 5.02 Å². The van der Waals surface area contributed by atoms with Gasteiger partial charge in [0.1, 0.15) is 0 Å². The van der Waals surface area contributed by atoms with Crippen LogP contribution in [0.4, 0.5) is 0 Å². The van der Waals surface area contributed by atoms with Crippen molar-refractivity contribution in [1.82, 2.24) is 5.32 Å². The zero-order valence-electron chi connectivity index (χ0n) is 13.6. The van der Waals surface area contributed by atoms with Crippen molar-refractivity contribution >= 4 is 11.6 Å². The summed E-state index contributed by atoms with van der Waals surface area (Å²) in [6, 6.07) is 8.38. The minimum Gasteiger partial charge on any atom is -0.396 e. The average molecular weight is 326 g/mol. The van der Waals surface area contributed by atoms with Gasteiger partial charge in [-0.2, -0.15) is 0 Å². The van der Waals surface area contributed by atoms with Crippen molar-refractivity contribution in [2.45, 2.75) is 39.2 Å². The molecule has 1 aliphatic rings. The lowest BCUT2D eigenvalue weighted by atomic mass is 9.80. The molecule has 1 saturated heterocycles. The number of ether oxygens (including phenoxy) is 1. The maximum Gasteiger partial charge on any atom is 0.0501 e. The first-order valence-corrected chi connectivity index (χ1v) is 8.60. The monoisotopic (exact) mass is 325 g/mol. The van der Waals surface area contributed by atoms with Gasteiger partial charge in [0, 0.05) is 36.2 Å². The van der Waals surface area contributed by atoms with Crippen LogP contribution in [0.25, 0.3) is 0 Å². The predicted octanol–water partition coefficient (Wildman–Crippen LogP) is 3.81. The molecular weight excluding hydrogens is 298 g/mol. The molecule has 0 aromatic heterocycles. The molecule has 0 bridgehead atoms. The zero-order chi connectivity index (χ0) is 16.0. The van der Waals surface area contributed by atoms with Gasteiger partial charge in [-0.05, 0) is 42.9 Å². The molecule has 4 heteroatoms. The number of hydrogen-bond donors (Lipinski definition) is 2. The van der Waals surface area contributed by atoms with E-state index in [1.165, 1.54) is 5.56 Å². The van der Waals surface area contributed by atoms with Crippen LogP contribution < -0.4 is 5.32 Å². The Hall–Kier alpha value is -0.610. The van der Waals surface area contributed by atoms with E-state index in [-0.39, 0.29) is 12.0 Å². The van der Waals surface area contributed by atoms with E-state index in [1.807, 2.05) is 12.1 Å².